The first-order chi connectivity index (χ1) is 11.8. The summed E-state index contributed by atoms with van der Waals surface area (Å²) in [4.78, 5) is 11.4. The predicted molar refractivity (Wildman–Crippen MR) is 98.9 cm³/mol. The Bertz CT molecular complexity index is 824. The highest BCUT2D eigenvalue weighted by atomic mass is 35.5. The number of benzene rings is 1. The molecule has 0 saturated carbocycles. The third-order valence-corrected chi connectivity index (χ3v) is 5.49. The molecule has 0 aliphatic carbocycles. The van der Waals surface area contributed by atoms with Gasteiger partial charge in [0, 0.05) is 24.3 Å². The highest BCUT2D eigenvalue weighted by molar-refractivity contribution is 7.22. The van der Waals surface area contributed by atoms with E-state index in [0.717, 1.165) is 52.0 Å². The maximum absolute atomic E-state index is 6.08. The Balaban J connectivity index is 1.43. The van der Waals surface area contributed by atoms with Crippen LogP contribution in [0, 0.1) is 0 Å². The standard InChI is InChI=1S/C18H18ClN3OS/c19-13-6-7-16-17(10-13)24-18(21-16)22-9-3-5-15(11-22)23-12-14-4-1-2-8-20-14/h1-2,4,6-8,10,15H,3,5,9,11-12H2. The van der Waals surface area contributed by atoms with Crippen LogP contribution in [-0.2, 0) is 11.3 Å². The minimum Gasteiger partial charge on any atom is -0.370 e. The molecule has 1 aliphatic rings. The molecule has 0 spiro atoms. The Morgan fingerprint density at radius 2 is 2.25 bits per heavy atom. The minimum absolute atomic E-state index is 0.219. The smallest absolute Gasteiger partial charge is 0.186 e. The van der Waals surface area contributed by atoms with Gasteiger partial charge in [-0.1, -0.05) is 29.0 Å². The molecule has 1 atom stereocenters. The lowest BCUT2D eigenvalue weighted by Gasteiger charge is -2.32. The van der Waals surface area contributed by atoms with Crippen molar-refractivity contribution in [3.8, 4) is 0 Å². The minimum atomic E-state index is 0.219. The number of ether oxygens (including phenoxy) is 1. The van der Waals surface area contributed by atoms with Crippen molar-refractivity contribution in [2.75, 3.05) is 18.0 Å². The summed E-state index contributed by atoms with van der Waals surface area (Å²) in [6, 6.07) is 11.8. The first-order valence-electron chi connectivity index (χ1n) is 8.10. The fourth-order valence-corrected chi connectivity index (χ4v) is 4.23. The van der Waals surface area contributed by atoms with Gasteiger partial charge in [-0.3, -0.25) is 4.98 Å². The van der Waals surface area contributed by atoms with E-state index >= 15 is 0 Å². The number of anilines is 1. The van der Waals surface area contributed by atoms with Crippen LogP contribution in [0.1, 0.15) is 18.5 Å². The van der Waals surface area contributed by atoms with Crippen molar-refractivity contribution >= 4 is 38.3 Å². The molecule has 6 heteroatoms. The first kappa shape index (κ1) is 15.8. The summed E-state index contributed by atoms with van der Waals surface area (Å²) >= 11 is 7.77. The Morgan fingerprint density at radius 1 is 1.29 bits per heavy atom. The van der Waals surface area contributed by atoms with Crippen molar-refractivity contribution in [3.63, 3.8) is 0 Å². The number of rotatable bonds is 4. The second-order valence-electron chi connectivity index (χ2n) is 5.95. The van der Waals surface area contributed by atoms with Crippen molar-refractivity contribution in [1.82, 2.24) is 9.97 Å². The third-order valence-electron chi connectivity index (χ3n) is 4.18. The van der Waals surface area contributed by atoms with Gasteiger partial charge < -0.3 is 9.64 Å². The topological polar surface area (TPSA) is 38.2 Å². The number of halogens is 1. The molecule has 2 aromatic heterocycles. The number of thiazole rings is 1. The molecule has 0 amide bonds. The molecular weight excluding hydrogens is 342 g/mol. The van der Waals surface area contributed by atoms with Crippen molar-refractivity contribution in [3.05, 3.63) is 53.3 Å². The van der Waals surface area contributed by atoms with Crippen molar-refractivity contribution in [2.24, 2.45) is 0 Å². The average molecular weight is 360 g/mol. The third kappa shape index (κ3) is 3.53. The summed E-state index contributed by atoms with van der Waals surface area (Å²) in [7, 11) is 0. The highest BCUT2D eigenvalue weighted by Gasteiger charge is 2.23. The van der Waals surface area contributed by atoms with Gasteiger partial charge in [0.15, 0.2) is 5.13 Å². The van der Waals surface area contributed by atoms with E-state index in [1.165, 1.54) is 0 Å². The Morgan fingerprint density at radius 3 is 3.12 bits per heavy atom. The molecule has 1 aromatic carbocycles. The van der Waals surface area contributed by atoms with Crippen LogP contribution in [0.4, 0.5) is 5.13 Å². The average Bonchev–Trinajstić information content (AvgIpc) is 3.04. The molecule has 124 valence electrons. The second kappa shape index (κ2) is 7.05. The van der Waals surface area contributed by atoms with Gasteiger partial charge in [0.25, 0.3) is 0 Å². The number of nitrogens with zero attached hydrogens (tertiary/aromatic N) is 3. The number of hydrogen-bond donors (Lipinski definition) is 0. The van der Waals surface area contributed by atoms with Gasteiger partial charge >= 0.3 is 0 Å². The monoisotopic (exact) mass is 359 g/mol. The molecular formula is C18H18ClN3OS. The maximum Gasteiger partial charge on any atom is 0.186 e. The van der Waals surface area contributed by atoms with Crippen molar-refractivity contribution in [1.29, 1.82) is 0 Å². The quantitative estimate of drug-likeness (QED) is 0.686. The van der Waals surface area contributed by atoms with Crippen LogP contribution in [0.3, 0.4) is 0 Å². The van der Waals surface area contributed by atoms with Crippen LogP contribution in [0.25, 0.3) is 10.2 Å². The normalized spacial score (nSPS) is 18.2. The number of hydrogen-bond acceptors (Lipinski definition) is 5. The lowest BCUT2D eigenvalue weighted by Crippen LogP contribution is -2.39. The van der Waals surface area contributed by atoms with Gasteiger partial charge in [-0.2, -0.15) is 0 Å². The van der Waals surface area contributed by atoms with Crippen LogP contribution < -0.4 is 4.90 Å². The van der Waals surface area contributed by atoms with E-state index in [1.54, 1.807) is 17.5 Å². The molecule has 1 unspecified atom stereocenters. The van der Waals surface area contributed by atoms with Gasteiger partial charge in [0.2, 0.25) is 0 Å². The zero-order valence-corrected chi connectivity index (χ0v) is 14.8. The van der Waals surface area contributed by atoms with Crippen LogP contribution in [-0.4, -0.2) is 29.2 Å². The largest absolute Gasteiger partial charge is 0.370 e. The van der Waals surface area contributed by atoms with E-state index in [9.17, 15) is 0 Å². The molecule has 1 fully saturated rings. The lowest BCUT2D eigenvalue weighted by atomic mass is 10.1. The second-order valence-corrected chi connectivity index (χ2v) is 7.40. The molecule has 0 N–H and O–H groups in total. The van der Waals surface area contributed by atoms with E-state index in [0.29, 0.717) is 6.61 Å². The van der Waals surface area contributed by atoms with E-state index in [4.69, 9.17) is 21.3 Å². The SMILES string of the molecule is Clc1ccc2nc(N3CCCC(OCc4ccccn4)C3)sc2c1. The fourth-order valence-electron chi connectivity index (χ4n) is 2.96. The Kier molecular flexibility index (Phi) is 4.65. The van der Waals surface area contributed by atoms with E-state index in [-0.39, 0.29) is 6.10 Å². The van der Waals surface area contributed by atoms with Crippen LogP contribution >= 0.6 is 22.9 Å². The van der Waals surface area contributed by atoms with Gasteiger partial charge in [0.05, 0.1) is 28.6 Å². The molecule has 4 rings (SSSR count). The van der Waals surface area contributed by atoms with Crippen molar-refractivity contribution < 1.29 is 4.74 Å². The number of fused-ring (bicyclic) bond motifs is 1. The fraction of sp³-hybridized carbons (Fsp3) is 0.333. The van der Waals surface area contributed by atoms with Crippen LogP contribution in [0.15, 0.2) is 42.6 Å². The molecule has 0 bridgehead atoms. The summed E-state index contributed by atoms with van der Waals surface area (Å²) in [5, 5.41) is 1.81. The molecule has 3 aromatic rings. The molecule has 3 heterocycles. The number of aromatic nitrogens is 2. The highest BCUT2D eigenvalue weighted by Crippen LogP contribution is 2.32. The maximum atomic E-state index is 6.08. The van der Waals surface area contributed by atoms with Crippen LogP contribution in [0.5, 0.6) is 0 Å². The van der Waals surface area contributed by atoms with E-state index < -0.39 is 0 Å². The number of piperidine rings is 1. The molecule has 1 saturated heterocycles. The summed E-state index contributed by atoms with van der Waals surface area (Å²) in [6.07, 6.45) is 4.22. The first-order valence-corrected chi connectivity index (χ1v) is 9.30. The molecule has 24 heavy (non-hydrogen) atoms. The Labute approximate surface area is 150 Å². The zero-order valence-electron chi connectivity index (χ0n) is 13.2. The van der Waals surface area contributed by atoms with E-state index in [1.807, 2.05) is 36.4 Å². The number of pyridine rings is 1. The van der Waals surface area contributed by atoms with Gasteiger partial charge in [-0.05, 0) is 43.2 Å². The molecule has 0 radical (unpaired) electrons. The summed E-state index contributed by atoms with van der Waals surface area (Å²) in [5.41, 5.74) is 1.99. The molecule has 4 nitrogen and oxygen atoms in total. The summed E-state index contributed by atoms with van der Waals surface area (Å²) in [6.45, 7) is 2.46. The van der Waals surface area contributed by atoms with Crippen LogP contribution in [0.2, 0.25) is 5.02 Å². The molecule has 1 aliphatic heterocycles. The summed E-state index contributed by atoms with van der Waals surface area (Å²) in [5.74, 6) is 0. The van der Waals surface area contributed by atoms with E-state index in [2.05, 4.69) is 9.88 Å². The lowest BCUT2D eigenvalue weighted by molar-refractivity contribution is 0.0298. The zero-order chi connectivity index (χ0) is 16.4. The van der Waals surface area contributed by atoms with Gasteiger partial charge in [-0.15, -0.1) is 0 Å². The van der Waals surface area contributed by atoms with Crippen molar-refractivity contribution in [2.45, 2.75) is 25.6 Å². The van der Waals surface area contributed by atoms with Gasteiger partial charge in [-0.25, -0.2) is 4.98 Å². The van der Waals surface area contributed by atoms with Gasteiger partial charge in [0.1, 0.15) is 0 Å². The Hall–Kier alpha value is -1.69. The summed E-state index contributed by atoms with van der Waals surface area (Å²) < 4.78 is 7.20. The predicted octanol–water partition coefficient (Wildman–Crippen LogP) is 4.53.